The Kier molecular flexibility index (Phi) is 9.33. The molecule has 0 bridgehead atoms. The fourth-order valence-electron chi connectivity index (χ4n) is 0.0454. The topological polar surface area (TPSA) is 0 Å². The van der Waals surface area contributed by atoms with Crippen LogP contribution in [-0.2, 0) is 23.6 Å². The molecule has 2 unspecified atom stereocenters. The van der Waals surface area contributed by atoms with Gasteiger partial charge in [-0.2, -0.15) is 0 Å². The number of hydrogen-bond acceptors (Lipinski definition) is 4. The van der Waals surface area contributed by atoms with Gasteiger partial charge in [-0.05, 0) is 13.1 Å². The Morgan fingerprint density at radius 1 is 1.00 bits per heavy atom. The Bertz CT molecular complexity index is 41.5. The fourth-order valence-corrected chi connectivity index (χ4v) is 11.0. The lowest BCUT2D eigenvalue weighted by Crippen LogP contribution is -1.05. The molecule has 0 amide bonds. The normalized spacial score (nSPS) is 12.7. The van der Waals surface area contributed by atoms with Gasteiger partial charge in [0.15, 0.2) is 0 Å². The minimum atomic E-state index is 0.201. The predicted molar refractivity (Wildman–Crippen MR) is 49.3 cm³/mol. The van der Waals surface area contributed by atoms with Crippen LogP contribution in [0.3, 0.4) is 0 Å². The van der Waals surface area contributed by atoms with E-state index >= 15 is 0 Å². The van der Waals surface area contributed by atoms with Gasteiger partial charge in [-0.15, -0.1) is 0 Å². The molecule has 0 aliphatic heterocycles. The van der Waals surface area contributed by atoms with Crippen LogP contribution in [0.1, 0.15) is 0 Å². The molecule has 6 heteroatoms. The van der Waals surface area contributed by atoms with Gasteiger partial charge < -0.3 is 0 Å². The van der Waals surface area contributed by atoms with Gasteiger partial charge in [0.25, 0.3) is 0 Å². The summed E-state index contributed by atoms with van der Waals surface area (Å²) in [6.07, 6.45) is 0. The molecular formula is H4P2S4. The van der Waals surface area contributed by atoms with E-state index in [-0.39, 0.29) is 13.1 Å². The first kappa shape index (κ1) is 8.00. The molecule has 0 aliphatic carbocycles. The summed E-state index contributed by atoms with van der Waals surface area (Å²) in [5, 5.41) is 0. The molecular weight excluding hydrogens is 190 g/mol. The van der Waals surface area contributed by atoms with E-state index in [1.807, 2.05) is 0 Å². The van der Waals surface area contributed by atoms with Crippen molar-refractivity contribution in [3.05, 3.63) is 0 Å². The molecule has 0 saturated heterocycles. The largest absolute Gasteiger partial charge is 0.0919 e. The van der Waals surface area contributed by atoms with Gasteiger partial charge in [0.1, 0.15) is 0 Å². The van der Waals surface area contributed by atoms with Gasteiger partial charge in [-0.1, -0.05) is 44.4 Å². The third-order valence-corrected chi connectivity index (χ3v) is 10.9. The third kappa shape index (κ3) is 6.00. The average Bonchev–Trinajstić information content (AvgIpc) is 1.61. The van der Waals surface area contributed by atoms with Crippen molar-refractivity contribution in [2.24, 2.45) is 0 Å². The van der Waals surface area contributed by atoms with Crippen molar-refractivity contribution in [1.29, 1.82) is 0 Å². The average molecular weight is 194 g/mol. The van der Waals surface area contributed by atoms with E-state index in [1.54, 1.807) is 20.8 Å². The molecule has 0 fully saturated rings. The van der Waals surface area contributed by atoms with E-state index in [2.05, 4.69) is 0 Å². The standard InChI is InChI=1S/H4P2S4/c3-1-5-6-2-4/h1-2H2. The highest BCUT2D eigenvalue weighted by Crippen LogP contribution is 2.40. The lowest BCUT2D eigenvalue weighted by molar-refractivity contribution is 5.61. The first-order chi connectivity index (χ1) is 2.91. The number of rotatable bonds is 3. The van der Waals surface area contributed by atoms with Crippen molar-refractivity contribution in [2.45, 2.75) is 0 Å². The Morgan fingerprint density at radius 2 is 1.33 bits per heavy atom. The Labute approximate surface area is 57.4 Å². The molecule has 0 heterocycles. The Morgan fingerprint density at radius 3 is 1.50 bits per heavy atom. The van der Waals surface area contributed by atoms with Gasteiger partial charge in [-0.3, -0.25) is 0 Å². The van der Waals surface area contributed by atoms with E-state index in [0.29, 0.717) is 0 Å². The summed E-state index contributed by atoms with van der Waals surface area (Å²) in [6, 6.07) is 0. The van der Waals surface area contributed by atoms with E-state index in [4.69, 9.17) is 23.6 Å². The summed E-state index contributed by atoms with van der Waals surface area (Å²) >= 11 is 9.42. The van der Waals surface area contributed by atoms with E-state index in [0.717, 1.165) is 0 Å². The maximum Gasteiger partial charge on any atom is -0.00567 e. The molecule has 0 nitrogen and oxygen atoms in total. The van der Waals surface area contributed by atoms with E-state index in [1.165, 1.54) is 0 Å². The van der Waals surface area contributed by atoms with Crippen molar-refractivity contribution in [3.63, 3.8) is 0 Å². The van der Waals surface area contributed by atoms with Crippen LogP contribution >= 0.6 is 33.9 Å². The molecule has 0 spiro atoms. The first-order valence-corrected chi connectivity index (χ1v) is 9.99. The second kappa shape index (κ2) is 7.00. The maximum atomic E-state index is 4.71. The van der Waals surface area contributed by atoms with Crippen LogP contribution in [-0.4, -0.2) is 0 Å². The van der Waals surface area contributed by atoms with Crippen molar-refractivity contribution >= 4 is 57.6 Å². The zero-order valence-electron chi connectivity index (χ0n) is 2.79. The summed E-state index contributed by atoms with van der Waals surface area (Å²) in [6.45, 7) is 0.402. The number of hydrogen-bond donors (Lipinski definition) is 0. The Balaban J connectivity index is 2.66. The van der Waals surface area contributed by atoms with Gasteiger partial charge in [0.05, 0.1) is 0 Å². The van der Waals surface area contributed by atoms with Crippen LogP contribution in [0.25, 0.3) is 0 Å². The smallest absolute Gasteiger partial charge is 0.00567 e. The molecule has 0 radical (unpaired) electrons. The van der Waals surface area contributed by atoms with Crippen molar-refractivity contribution in [3.8, 4) is 0 Å². The third-order valence-electron chi connectivity index (χ3n) is 0.134. The fraction of sp³-hybridized carbons (Fsp3) is 0. The molecule has 0 rings (SSSR count). The summed E-state index contributed by atoms with van der Waals surface area (Å²) < 4.78 is 0. The molecule has 0 aliphatic rings. The van der Waals surface area contributed by atoms with Crippen molar-refractivity contribution in [2.75, 3.05) is 0 Å². The van der Waals surface area contributed by atoms with Gasteiger partial charge in [-0.25, -0.2) is 0 Å². The molecule has 2 atom stereocenters. The summed E-state index contributed by atoms with van der Waals surface area (Å²) in [5.41, 5.74) is 0. The molecule has 38 valence electrons. The Hall–Kier alpha value is 2.00. The first-order valence-electron chi connectivity index (χ1n) is 1.11. The molecule has 0 aromatic rings. The monoisotopic (exact) mass is 194 g/mol. The second-order valence-electron chi connectivity index (χ2n) is 0.385. The minimum Gasteiger partial charge on any atom is -0.0919 e. The van der Waals surface area contributed by atoms with Crippen LogP contribution in [0.5, 0.6) is 0 Å². The van der Waals surface area contributed by atoms with Gasteiger partial charge >= 0.3 is 0 Å². The zero-order valence-corrected chi connectivity index (χ0v) is 8.36. The van der Waals surface area contributed by atoms with Crippen LogP contribution in [0, 0.1) is 0 Å². The summed E-state index contributed by atoms with van der Waals surface area (Å²) in [5.74, 6) is 0. The van der Waals surface area contributed by atoms with Crippen LogP contribution in [0.15, 0.2) is 0 Å². The van der Waals surface area contributed by atoms with E-state index in [9.17, 15) is 0 Å². The lowest BCUT2D eigenvalue weighted by atomic mass is 29.9. The summed E-state index contributed by atoms with van der Waals surface area (Å²) in [7, 11) is 3.51. The predicted octanol–water partition coefficient (Wildman–Crippen LogP) is 1.94. The second-order valence-corrected chi connectivity index (χ2v) is 10.4. The zero-order chi connectivity index (χ0) is 4.83. The van der Waals surface area contributed by atoms with Crippen LogP contribution in [0.4, 0.5) is 0 Å². The molecule has 0 N–H and O–H groups in total. The van der Waals surface area contributed by atoms with Crippen LogP contribution in [0.2, 0.25) is 0 Å². The van der Waals surface area contributed by atoms with Gasteiger partial charge in [0, 0.05) is 0 Å². The highest BCUT2D eigenvalue weighted by atomic mass is 33.5. The maximum absolute atomic E-state index is 4.71. The van der Waals surface area contributed by atoms with Crippen molar-refractivity contribution in [1.82, 2.24) is 0 Å². The lowest BCUT2D eigenvalue weighted by Gasteiger charge is -1.75. The highest BCUT2D eigenvalue weighted by molar-refractivity contribution is 9.12. The summed E-state index contributed by atoms with van der Waals surface area (Å²) in [4.78, 5) is 0. The molecule has 6 heavy (non-hydrogen) atoms. The molecule has 0 saturated carbocycles. The van der Waals surface area contributed by atoms with Crippen molar-refractivity contribution < 1.29 is 0 Å². The SMILES string of the molecule is S=[PH2]SS[PH2]=S. The quantitative estimate of drug-likeness (QED) is 0.382. The minimum absolute atomic E-state index is 0.201. The van der Waals surface area contributed by atoms with Crippen LogP contribution < -0.4 is 0 Å². The van der Waals surface area contributed by atoms with E-state index < -0.39 is 0 Å². The molecule has 0 aromatic heterocycles. The molecule has 0 aromatic carbocycles. The highest BCUT2D eigenvalue weighted by Gasteiger charge is 1.67. The van der Waals surface area contributed by atoms with Gasteiger partial charge in [0.2, 0.25) is 0 Å².